The number of sulfonamides is 1. The molecule has 0 radical (unpaired) electrons. The van der Waals surface area contributed by atoms with E-state index in [0.717, 1.165) is 21.0 Å². The van der Waals surface area contributed by atoms with E-state index in [1.165, 1.54) is 17.0 Å². The van der Waals surface area contributed by atoms with Crippen molar-refractivity contribution in [3.8, 4) is 5.75 Å². The summed E-state index contributed by atoms with van der Waals surface area (Å²) in [5, 5.41) is 2.94. The van der Waals surface area contributed by atoms with Crippen LogP contribution in [-0.2, 0) is 26.2 Å². The summed E-state index contributed by atoms with van der Waals surface area (Å²) in [6.45, 7) is 9.81. The molecule has 0 heterocycles. The minimum atomic E-state index is -4.10. The number of hydrogen-bond acceptors (Lipinski definition) is 5. The Morgan fingerprint density at radius 3 is 2.15 bits per heavy atom. The predicted molar refractivity (Wildman–Crippen MR) is 162 cm³/mol. The molecule has 0 fully saturated rings. The smallest absolute Gasteiger partial charge is 0.264 e. The average Bonchev–Trinajstić information content (AvgIpc) is 2.96. The topological polar surface area (TPSA) is 96.0 Å². The Labute approximate surface area is 244 Å². The highest BCUT2D eigenvalue weighted by molar-refractivity contribution is 7.92. The van der Waals surface area contributed by atoms with Crippen LogP contribution in [0.3, 0.4) is 0 Å². The third-order valence-corrected chi connectivity index (χ3v) is 8.76. The van der Waals surface area contributed by atoms with E-state index in [4.69, 9.17) is 4.74 Å². The Balaban J connectivity index is 2.05. The van der Waals surface area contributed by atoms with Crippen molar-refractivity contribution in [1.29, 1.82) is 0 Å². The number of hydrogen-bond donors (Lipinski definition) is 1. The summed E-state index contributed by atoms with van der Waals surface area (Å²) in [4.78, 5) is 29.0. The first kappa shape index (κ1) is 31.7. The molecule has 0 aromatic heterocycles. The molecule has 0 saturated heterocycles. The van der Waals surface area contributed by atoms with Crippen LogP contribution in [0, 0.1) is 19.8 Å². The quantitative estimate of drug-likeness (QED) is 0.305. The molecule has 0 unspecified atom stereocenters. The van der Waals surface area contributed by atoms with Crippen molar-refractivity contribution in [2.75, 3.05) is 24.5 Å². The second kappa shape index (κ2) is 14.2. The van der Waals surface area contributed by atoms with Crippen LogP contribution in [0.1, 0.15) is 43.9 Å². The number of methoxy groups -OCH3 is 1. The van der Waals surface area contributed by atoms with E-state index in [2.05, 4.69) is 5.32 Å². The fourth-order valence-electron chi connectivity index (χ4n) is 4.40. The number of benzene rings is 3. The van der Waals surface area contributed by atoms with Crippen molar-refractivity contribution in [2.45, 2.75) is 58.5 Å². The zero-order valence-corrected chi connectivity index (χ0v) is 25.6. The molecule has 8 nitrogen and oxygen atoms in total. The number of ether oxygens (including phenoxy) is 1. The Hall–Kier alpha value is -3.85. The number of aryl methyl sites for hydroxylation is 2. The van der Waals surface area contributed by atoms with E-state index in [-0.39, 0.29) is 23.3 Å². The first-order valence-corrected chi connectivity index (χ1v) is 15.3. The molecule has 9 heteroatoms. The van der Waals surface area contributed by atoms with Crippen molar-refractivity contribution >= 4 is 27.5 Å². The first-order valence-electron chi connectivity index (χ1n) is 13.8. The minimum Gasteiger partial charge on any atom is -0.497 e. The highest BCUT2D eigenvalue weighted by atomic mass is 32.2. The number of nitrogens with one attached hydrogen (secondary N) is 1. The van der Waals surface area contributed by atoms with Gasteiger partial charge in [-0.1, -0.05) is 57.2 Å². The molecule has 3 aromatic carbocycles. The van der Waals surface area contributed by atoms with Gasteiger partial charge in [0.05, 0.1) is 17.7 Å². The SMILES string of the molecule is CC[C@@H](C(=O)NCC(C)C)N(Cc1ccc(OC)cc1)C(=O)CN(c1ccc(C)c(C)c1)S(=O)(=O)c1ccccc1. The van der Waals surface area contributed by atoms with Crippen LogP contribution in [0.15, 0.2) is 77.7 Å². The number of carbonyl (C=O) groups is 2. The van der Waals surface area contributed by atoms with Gasteiger partial charge in [-0.2, -0.15) is 0 Å². The lowest BCUT2D eigenvalue weighted by Crippen LogP contribution is -2.52. The summed E-state index contributed by atoms with van der Waals surface area (Å²) in [6, 6.07) is 19.8. The summed E-state index contributed by atoms with van der Waals surface area (Å²) in [7, 11) is -2.52. The van der Waals surface area contributed by atoms with Crippen molar-refractivity contribution in [3.05, 3.63) is 89.5 Å². The Kier molecular flexibility index (Phi) is 10.9. The maximum atomic E-state index is 14.1. The molecule has 0 spiro atoms. The predicted octanol–water partition coefficient (Wildman–Crippen LogP) is 5.09. The van der Waals surface area contributed by atoms with Gasteiger partial charge < -0.3 is 15.0 Å². The van der Waals surface area contributed by atoms with Gasteiger partial charge in [0.2, 0.25) is 11.8 Å². The molecular formula is C32H41N3O5S. The number of rotatable bonds is 13. The summed E-state index contributed by atoms with van der Waals surface area (Å²) in [5.74, 6) is 0.151. The summed E-state index contributed by atoms with van der Waals surface area (Å²) >= 11 is 0. The lowest BCUT2D eigenvalue weighted by molar-refractivity contribution is -0.140. The lowest BCUT2D eigenvalue weighted by atomic mass is 10.1. The molecule has 0 aliphatic heterocycles. The maximum Gasteiger partial charge on any atom is 0.264 e. The van der Waals surface area contributed by atoms with Crippen molar-refractivity contribution in [1.82, 2.24) is 10.2 Å². The molecular weight excluding hydrogens is 538 g/mol. The molecule has 220 valence electrons. The van der Waals surface area contributed by atoms with E-state index >= 15 is 0 Å². The van der Waals surface area contributed by atoms with Crippen molar-refractivity contribution < 1.29 is 22.7 Å². The monoisotopic (exact) mass is 579 g/mol. The van der Waals surface area contributed by atoms with Crippen LogP contribution >= 0.6 is 0 Å². The number of anilines is 1. The Morgan fingerprint density at radius 2 is 1.59 bits per heavy atom. The van der Waals surface area contributed by atoms with Gasteiger partial charge in [0, 0.05) is 13.1 Å². The van der Waals surface area contributed by atoms with Gasteiger partial charge in [-0.25, -0.2) is 8.42 Å². The largest absolute Gasteiger partial charge is 0.497 e. The summed E-state index contributed by atoms with van der Waals surface area (Å²) < 4.78 is 34.3. The molecule has 3 rings (SSSR count). The zero-order chi connectivity index (χ0) is 30.2. The van der Waals surface area contributed by atoms with Crippen LogP contribution in [0.5, 0.6) is 5.75 Å². The normalized spacial score (nSPS) is 12.1. The van der Waals surface area contributed by atoms with Crippen LogP contribution < -0.4 is 14.4 Å². The molecule has 0 saturated carbocycles. The molecule has 1 atom stereocenters. The molecule has 41 heavy (non-hydrogen) atoms. The van der Waals surface area contributed by atoms with E-state index < -0.39 is 28.5 Å². The van der Waals surface area contributed by atoms with Crippen LogP contribution in [0.25, 0.3) is 0 Å². The average molecular weight is 580 g/mol. The van der Waals surface area contributed by atoms with E-state index in [9.17, 15) is 18.0 Å². The van der Waals surface area contributed by atoms with Crippen molar-refractivity contribution in [2.24, 2.45) is 5.92 Å². The molecule has 2 amide bonds. The van der Waals surface area contributed by atoms with Crippen LogP contribution in [0.2, 0.25) is 0 Å². The fraction of sp³-hybridized carbons (Fsp3) is 0.375. The highest BCUT2D eigenvalue weighted by Crippen LogP contribution is 2.27. The lowest BCUT2D eigenvalue weighted by Gasteiger charge is -2.33. The third-order valence-electron chi connectivity index (χ3n) is 6.97. The highest BCUT2D eigenvalue weighted by Gasteiger charge is 2.33. The molecule has 3 aromatic rings. The minimum absolute atomic E-state index is 0.0782. The van der Waals surface area contributed by atoms with Crippen LogP contribution in [-0.4, -0.2) is 51.4 Å². The third kappa shape index (κ3) is 8.10. The second-order valence-corrected chi connectivity index (χ2v) is 12.4. The number of amides is 2. The fourth-order valence-corrected chi connectivity index (χ4v) is 5.83. The second-order valence-electron chi connectivity index (χ2n) is 10.5. The maximum absolute atomic E-state index is 14.1. The van der Waals surface area contributed by atoms with Gasteiger partial charge in [0.1, 0.15) is 18.3 Å². The Morgan fingerprint density at radius 1 is 0.927 bits per heavy atom. The van der Waals surface area contributed by atoms with Gasteiger partial charge in [-0.15, -0.1) is 0 Å². The van der Waals surface area contributed by atoms with Crippen LogP contribution in [0.4, 0.5) is 5.69 Å². The van der Waals surface area contributed by atoms with E-state index in [0.29, 0.717) is 24.4 Å². The molecule has 0 bridgehead atoms. The van der Waals surface area contributed by atoms with Crippen molar-refractivity contribution in [3.63, 3.8) is 0 Å². The standard InChI is InChI=1S/C32H41N3O5S/c1-7-30(32(37)33-20-23(2)3)34(21-26-14-17-28(40-6)18-15-26)31(36)22-35(27-16-13-24(4)25(5)19-27)41(38,39)29-11-9-8-10-12-29/h8-19,23,30H,7,20-22H2,1-6H3,(H,33,37)/t30-/m0/s1. The van der Waals surface area contributed by atoms with Gasteiger partial charge in [0.25, 0.3) is 10.0 Å². The summed E-state index contributed by atoms with van der Waals surface area (Å²) in [5.41, 5.74) is 3.08. The van der Waals surface area contributed by atoms with Gasteiger partial charge >= 0.3 is 0 Å². The zero-order valence-electron chi connectivity index (χ0n) is 24.8. The molecule has 1 N–H and O–H groups in total. The number of nitrogens with zero attached hydrogens (tertiary/aromatic N) is 2. The van der Waals surface area contributed by atoms with Gasteiger partial charge in [-0.05, 0) is 79.3 Å². The van der Waals surface area contributed by atoms with E-state index in [1.54, 1.807) is 49.6 Å². The molecule has 0 aliphatic carbocycles. The van der Waals surface area contributed by atoms with Gasteiger partial charge in [-0.3, -0.25) is 13.9 Å². The summed E-state index contributed by atoms with van der Waals surface area (Å²) in [6.07, 6.45) is 0.362. The molecule has 0 aliphatic rings. The first-order chi connectivity index (χ1) is 19.5. The van der Waals surface area contributed by atoms with Gasteiger partial charge in [0.15, 0.2) is 0 Å². The number of carbonyl (C=O) groups excluding carboxylic acids is 2. The van der Waals surface area contributed by atoms with E-state index in [1.807, 2.05) is 52.8 Å². The Bertz CT molecular complexity index is 1420.